The van der Waals surface area contributed by atoms with Crippen LogP contribution < -0.4 is 0 Å². The molecule has 0 saturated heterocycles. The predicted molar refractivity (Wildman–Crippen MR) is 7.49 cm³/mol. The van der Waals surface area contributed by atoms with E-state index in [1.54, 1.807) is 0 Å². The van der Waals surface area contributed by atoms with Crippen LogP contribution >= 0.6 is 0 Å². The largest absolute Gasteiger partial charge is 2.00 e. The molecular formula is H4MnO3. The monoisotopic (exact) mass is 107 g/mol. The first-order valence-electron chi connectivity index (χ1n) is 0. The van der Waals surface area contributed by atoms with Gasteiger partial charge >= 0.3 is 17.1 Å². The van der Waals surface area contributed by atoms with Gasteiger partial charge in [-0.1, -0.05) is 0 Å². The Morgan fingerprint density at radius 2 is 0.750 bits per heavy atom. The molecule has 29 valence electrons. The van der Waals surface area contributed by atoms with Gasteiger partial charge in [0.25, 0.3) is 0 Å². The third-order valence-corrected chi connectivity index (χ3v) is 0. The summed E-state index contributed by atoms with van der Waals surface area (Å²) in [6.07, 6.45) is 0. The predicted octanol–water partition coefficient (Wildman–Crippen LogP) is -1.18. The zero-order valence-corrected chi connectivity index (χ0v) is 2.95. The second-order valence-corrected chi connectivity index (χ2v) is 0. The van der Waals surface area contributed by atoms with E-state index in [1.807, 2.05) is 0 Å². The van der Waals surface area contributed by atoms with Gasteiger partial charge < -0.3 is 16.4 Å². The minimum Gasteiger partial charge on any atom is -0.870 e. The van der Waals surface area contributed by atoms with Gasteiger partial charge in [-0.15, -0.1) is 0 Å². The average Bonchev–Trinajstić information content (AvgIpc) is 0. The summed E-state index contributed by atoms with van der Waals surface area (Å²) in [6, 6.07) is 0. The van der Waals surface area contributed by atoms with E-state index in [0.29, 0.717) is 0 Å². The molecule has 0 heterocycles. The van der Waals surface area contributed by atoms with Gasteiger partial charge in [-0.2, -0.15) is 0 Å². The molecule has 0 unspecified atom stereocenters. The summed E-state index contributed by atoms with van der Waals surface area (Å²) in [5.74, 6) is 0. The van der Waals surface area contributed by atoms with Crippen LogP contribution in [0.4, 0.5) is 0 Å². The SMILES string of the molecule is O.[Mn+2].[OH-].[OH-]. The third-order valence-electron chi connectivity index (χ3n) is 0. The maximum atomic E-state index is 0. The third kappa shape index (κ3) is 29.4. The van der Waals surface area contributed by atoms with Gasteiger partial charge in [-0.05, 0) is 0 Å². The van der Waals surface area contributed by atoms with Gasteiger partial charge in [0.15, 0.2) is 0 Å². The summed E-state index contributed by atoms with van der Waals surface area (Å²) < 4.78 is 0. The van der Waals surface area contributed by atoms with Crippen LogP contribution in [0.3, 0.4) is 0 Å². The summed E-state index contributed by atoms with van der Waals surface area (Å²) in [7, 11) is 0. The van der Waals surface area contributed by atoms with Crippen LogP contribution in [0.25, 0.3) is 0 Å². The van der Waals surface area contributed by atoms with Crippen molar-refractivity contribution < 1.29 is 33.5 Å². The van der Waals surface area contributed by atoms with Crippen molar-refractivity contribution >= 4 is 0 Å². The van der Waals surface area contributed by atoms with E-state index in [4.69, 9.17) is 0 Å². The molecule has 0 aromatic rings. The van der Waals surface area contributed by atoms with Crippen LogP contribution in [-0.2, 0) is 17.1 Å². The first kappa shape index (κ1) is 319. The zero-order chi connectivity index (χ0) is 0. The van der Waals surface area contributed by atoms with E-state index in [1.165, 1.54) is 0 Å². The molecule has 0 saturated carbocycles. The van der Waals surface area contributed by atoms with Crippen LogP contribution in [0.1, 0.15) is 0 Å². The summed E-state index contributed by atoms with van der Waals surface area (Å²) in [6.45, 7) is 0. The van der Waals surface area contributed by atoms with Crippen molar-refractivity contribution in [2.45, 2.75) is 0 Å². The molecule has 0 fully saturated rings. The number of hydrogen-bond acceptors (Lipinski definition) is 2. The minimum absolute atomic E-state index is 0. The molecule has 0 aromatic carbocycles. The molecule has 0 aliphatic heterocycles. The van der Waals surface area contributed by atoms with Gasteiger partial charge in [0.2, 0.25) is 0 Å². The summed E-state index contributed by atoms with van der Waals surface area (Å²) in [5, 5.41) is 0. The molecule has 0 atom stereocenters. The quantitative estimate of drug-likeness (QED) is 0.364. The van der Waals surface area contributed by atoms with Crippen LogP contribution in [-0.4, -0.2) is 16.4 Å². The number of hydrogen-bond donors (Lipinski definition) is 0. The van der Waals surface area contributed by atoms with Gasteiger partial charge in [-0.3, -0.25) is 0 Å². The Kier molecular flexibility index (Phi) is 9770. The van der Waals surface area contributed by atoms with E-state index in [-0.39, 0.29) is 33.5 Å². The van der Waals surface area contributed by atoms with Crippen molar-refractivity contribution in [2.24, 2.45) is 0 Å². The first-order chi connectivity index (χ1) is 0. The molecule has 4 heavy (non-hydrogen) atoms. The van der Waals surface area contributed by atoms with Gasteiger partial charge in [-0.25, -0.2) is 0 Å². The minimum atomic E-state index is 0. The molecular weight excluding hydrogens is 103 g/mol. The molecule has 3 nitrogen and oxygen atoms in total. The zero-order valence-electron chi connectivity index (χ0n) is 1.77. The van der Waals surface area contributed by atoms with Crippen molar-refractivity contribution in [3.63, 3.8) is 0 Å². The van der Waals surface area contributed by atoms with E-state index < -0.39 is 0 Å². The van der Waals surface area contributed by atoms with Crippen LogP contribution in [0.5, 0.6) is 0 Å². The molecule has 0 amide bonds. The smallest absolute Gasteiger partial charge is 0.870 e. The Bertz CT molecular complexity index is 3.25. The Balaban J connectivity index is 0. The van der Waals surface area contributed by atoms with Crippen LogP contribution in [0, 0.1) is 0 Å². The fourth-order valence-electron chi connectivity index (χ4n) is 0. The Morgan fingerprint density at radius 1 is 0.750 bits per heavy atom. The summed E-state index contributed by atoms with van der Waals surface area (Å²) >= 11 is 0. The molecule has 0 spiro atoms. The number of rotatable bonds is 0. The van der Waals surface area contributed by atoms with E-state index in [0.717, 1.165) is 0 Å². The molecule has 0 rings (SSSR count). The summed E-state index contributed by atoms with van der Waals surface area (Å²) in [5.41, 5.74) is 0. The van der Waals surface area contributed by atoms with E-state index in [9.17, 15) is 0 Å². The maximum absolute atomic E-state index is 0. The molecule has 0 bridgehead atoms. The molecule has 0 aromatic heterocycles. The molecule has 0 aliphatic rings. The van der Waals surface area contributed by atoms with Crippen molar-refractivity contribution in [1.29, 1.82) is 0 Å². The average molecular weight is 107 g/mol. The second kappa shape index (κ2) is 123. The Hall–Kier alpha value is 0.399. The standard InChI is InChI=1S/Mn.3H2O/h;3*1H2/q+2;;;/p-2. The fourth-order valence-corrected chi connectivity index (χ4v) is 0. The van der Waals surface area contributed by atoms with Crippen molar-refractivity contribution in [2.75, 3.05) is 0 Å². The maximum Gasteiger partial charge on any atom is 2.00 e. The normalized spacial score (nSPS) is 0. The Labute approximate surface area is 34.4 Å². The summed E-state index contributed by atoms with van der Waals surface area (Å²) in [4.78, 5) is 0. The van der Waals surface area contributed by atoms with Gasteiger partial charge in [0.1, 0.15) is 0 Å². The topological polar surface area (TPSA) is 91.5 Å². The van der Waals surface area contributed by atoms with Gasteiger partial charge in [0, 0.05) is 0 Å². The molecule has 4 heteroatoms. The van der Waals surface area contributed by atoms with Crippen molar-refractivity contribution in [1.82, 2.24) is 0 Å². The fraction of sp³-hybridized carbons (Fsp3) is 0. The van der Waals surface area contributed by atoms with Crippen molar-refractivity contribution in [3.05, 3.63) is 0 Å². The van der Waals surface area contributed by atoms with E-state index >= 15 is 0 Å². The molecule has 4 N–H and O–H groups in total. The van der Waals surface area contributed by atoms with Crippen LogP contribution in [0.2, 0.25) is 0 Å². The molecule has 0 aliphatic carbocycles. The van der Waals surface area contributed by atoms with E-state index in [2.05, 4.69) is 0 Å². The Morgan fingerprint density at radius 3 is 0.750 bits per heavy atom. The second-order valence-electron chi connectivity index (χ2n) is 0. The van der Waals surface area contributed by atoms with Crippen molar-refractivity contribution in [3.8, 4) is 0 Å². The van der Waals surface area contributed by atoms with Crippen LogP contribution in [0.15, 0.2) is 0 Å². The molecule has 1 radical (unpaired) electrons. The van der Waals surface area contributed by atoms with Gasteiger partial charge in [0.05, 0.1) is 0 Å². The first-order valence-corrected chi connectivity index (χ1v) is 0.